The maximum atomic E-state index is 9.61. The molecular weight excluding hydrogens is 278 g/mol. The monoisotopic (exact) mass is 293 g/mol. The van der Waals surface area contributed by atoms with Gasteiger partial charge in [-0.2, -0.15) is 0 Å². The van der Waals surface area contributed by atoms with Crippen molar-refractivity contribution in [3.8, 4) is 0 Å². The van der Waals surface area contributed by atoms with Crippen molar-refractivity contribution >= 4 is 27.3 Å². The smallest absolute Gasteiger partial charge is 0.0973 e. The molecule has 0 radical (unpaired) electrons. The maximum absolute atomic E-state index is 9.61. The molecule has 2 atom stereocenters. The van der Waals surface area contributed by atoms with E-state index in [1.165, 1.54) is 4.88 Å². The van der Waals surface area contributed by atoms with Crippen LogP contribution in [0.3, 0.4) is 0 Å². The summed E-state index contributed by atoms with van der Waals surface area (Å²) < 4.78 is 1.10. The summed E-state index contributed by atoms with van der Waals surface area (Å²) in [5, 5.41) is 21.7. The standard InChI is InChI=1S/C10H16BrNO2S/c1-7(8-3-4-9(11)15-8)12-5-10(2,14)6-13/h3-4,7,12-14H,5-6H2,1-2H3. The summed E-state index contributed by atoms with van der Waals surface area (Å²) in [6.45, 7) is 3.78. The number of aliphatic hydroxyl groups excluding tert-OH is 1. The van der Waals surface area contributed by atoms with Crippen molar-refractivity contribution < 1.29 is 10.2 Å². The molecule has 0 aliphatic rings. The Hall–Kier alpha value is 0.0600. The molecule has 86 valence electrons. The Kier molecular flexibility index (Phi) is 4.73. The van der Waals surface area contributed by atoms with Gasteiger partial charge in [-0.25, -0.2) is 0 Å². The molecule has 0 spiro atoms. The van der Waals surface area contributed by atoms with Crippen LogP contribution in [0.1, 0.15) is 24.8 Å². The van der Waals surface area contributed by atoms with Crippen LogP contribution in [0.5, 0.6) is 0 Å². The lowest BCUT2D eigenvalue weighted by molar-refractivity contribution is 0.00112. The fourth-order valence-corrected chi connectivity index (χ4v) is 2.54. The molecule has 1 heterocycles. The van der Waals surface area contributed by atoms with Crippen molar-refractivity contribution in [2.75, 3.05) is 13.2 Å². The van der Waals surface area contributed by atoms with Gasteiger partial charge >= 0.3 is 0 Å². The van der Waals surface area contributed by atoms with Gasteiger partial charge in [0.2, 0.25) is 0 Å². The number of hydrogen-bond donors (Lipinski definition) is 3. The molecule has 0 bridgehead atoms. The first-order valence-electron chi connectivity index (χ1n) is 4.76. The third-order valence-electron chi connectivity index (χ3n) is 2.15. The van der Waals surface area contributed by atoms with E-state index in [0.29, 0.717) is 6.54 Å². The Morgan fingerprint density at radius 2 is 2.27 bits per heavy atom. The number of thiophene rings is 1. The van der Waals surface area contributed by atoms with Crippen molar-refractivity contribution in [2.45, 2.75) is 25.5 Å². The zero-order valence-electron chi connectivity index (χ0n) is 8.83. The lowest BCUT2D eigenvalue weighted by Gasteiger charge is -2.23. The molecule has 0 fully saturated rings. The highest BCUT2D eigenvalue weighted by Gasteiger charge is 2.20. The maximum Gasteiger partial charge on any atom is 0.0973 e. The molecule has 3 nitrogen and oxygen atoms in total. The van der Waals surface area contributed by atoms with Crippen LogP contribution in [-0.4, -0.2) is 29.0 Å². The van der Waals surface area contributed by atoms with Crippen molar-refractivity contribution in [3.05, 3.63) is 20.8 Å². The average molecular weight is 294 g/mol. The minimum atomic E-state index is -1.05. The first-order chi connectivity index (χ1) is 6.94. The molecule has 1 aromatic heterocycles. The van der Waals surface area contributed by atoms with Crippen LogP contribution in [0.25, 0.3) is 0 Å². The summed E-state index contributed by atoms with van der Waals surface area (Å²) in [7, 11) is 0. The van der Waals surface area contributed by atoms with Crippen LogP contribution in [0.2, 0.25) is 0 Å². The number of nitrogens with one attached hydrogen (secondary N) is 1. The third-order valence-corrected chi connectivity index (χ3v) is 3.96. The van der Waals surface area contributed by atoms with E-state index in [1.54, 1.807) is 18.3 Å². The van der Waals surface area contributed by atoms with Gasteiger partial charge in [0.25, 0.3) is 0 Å². The van der Waals surface area contributed by atoms with E-state index in [2.05, 4.69) is 21.2 Å². The normalized spacial score (nSPS) is 17.4. The van der Waals surface area contributed by atoms with E-state index in [-0.39, 0.29) is 12.6 Å². The molecule has 0 aliphatic heterocycles. The van der Waals surface area contributed by atoms with Crippen LogP contribution < -0.4 is 5.32 Å². The van der Waals surface area contributed by atoms with Gasteiger partial charge < -0.3 is 15.5 Å². The molecule has 0 amide bonds. The molecule has 15 heavy (non-hydrogen) atoms. The highest BCUT2D eigenvalue weighted by Crippen LogP contribution is 2.27. The molecule has 5 heteroatoms. The zero-order valence-corrected chi connectivity index (χ0v) is 11.2. The van der Waals surface area contributed by atoms with E-state index < -0.39 is 5.60 Å². The molecule has 0 aliphatic carbocycles. The minimum absolute atomic E-state index is 0.180. The number of halogens is 1. The number of hydrogen-bond acceptors (Lipinski definition) is 4. The van der Waals surface area contributed by atoms with Gasteiger partial charge in [0.05, 0.1) is 16.0 Å². The quantitative estimate of drug-likeness (QED) is 0.777. The van der Waals surface area contributed by atoms with Crippen molar-refractivity contribution in [3.63, 3.8) is 0 Å². The Morgan fingerprint density at radius 3 is 2.73 bits per heavy atom. The summed E-state index contributed by atoms with van der Waals surface area (Å²) in [6, 6.07) is 4.22. The average Bonchev–Trinajstić information content (AvgIpc) is 2.61. The van der Waals surface area contributed by atoms with Crippen LogP contribution in [-0.2, 0) is 0 Å². The lowest BCUT2D eigenvalue weighted by Crippen LogP contribution is -2.41. The second-order valence-corrected chi connectivity index (χ2v) is 6.39. The van der Waals surface area contributed by atoms with Gasteiger partial charge in [0.15, 0.2) is 0 Å². The summed E-state index contributed by atoms with van der Waals surface area (Å²) >= 11 is 5.07. The van der Waals surface area contributed by atoms with E-state index in [9.17, 15) is 5.11 Å². The highest BCUT2D eigenvalue weighted by molar-refractivity contribution is 9.11. The van der Waals surface area contributed by atoms with Gasteiger partial charge in [-0.15, -0.1) is 11.3 Å². The molecule has 2 unspecified atom stereocenters. The molecular formula is C10H16BrNO2S. The number of rotatable bonds is 5. The first kappa shape index (κ1) is 13.1. The van der Waals surface area contributed by atoms with Gasteiger partial charge in [0, 0.05) is 17.5 Å². The fourth-order valence-electron chi connectivity index (χ4n) is 1.09. The molecule has 1 rings (SSSR count). The predicted octanol–water partition coefficient (Wildman–Crippen LogP) is 1.90. The van der Waals surface area contributed by atoms with E-state index in [1.807, 2.05) is 19.1 Å². The molecule has 0 aromatic carbocycles. The van der Waals surface area contributed by atoms with Crippen molar-refractivity contribution in [1.29, 1.82) is 0 Å². The Morgan fingerprint density at radius 1 is 1.60 bits per heavy atom. The molecule has 0 saturated carbocycles. The summed E-state index contributed by atoms with van der Waals surface area (Å²) in [6.07, 6.45) is 0. The first-order valence-corrected chi connectivity index (χ1v) is 6.37. The topological polar surface area (TPSA) is 52.5 Å². The predicted molar refractivity (Wildman–Crippen MR) is 66.1 cm³/mol. The molecule has 0 saturated heterocycles. The summed E-state index contributed by atoms with van der Waals surface area (Å²) in [5.41, 5.74) is -1.05. The van der Waals surface area contributed by atoms with Crippen LogP contribution >= 0.6 is 27.3 Å². The Balaban J connectivity index is 2.46. The fraction of sp³-hybridized carbons (Fsp3) is 0.600. The second kappa shape index (κ2) is 5.41. The Bertz CT molecular complexity index is 314. The highest BCUT2D eigenvalue weighted by atomic mass is 79.9. The Labute approximate surface area is 102 Å². The van der Waals surface area contributed by atoms with Crippen LogP contribution in [0, 0.1) is 0 Å². The second-order valence-electron chi connectivity index (χ2n) is 3.90. The third kappa shape index (κ3) is 4.20. The largest absolute Gasteiger partial charge is 0.393 e. The summed E-state index contributed by atoms with van der Waals surface area (Å²) in [4.78, 5) is 1.20. The lowest BCUT2D eigenvalue weighted by atomic mass is 10.1. The van der Waals surface area contributed by atoms with Crippen molar-refractivity contribution in [1.82, 2.24) is 5.32 Å². The van der Waals surface area contributed by atoms with Gasteiger partial charge in [0.1, 0.15) is 0 Å². The number of aliphatic hydroxyl groups is 2. The SMILES string of the molecule is CC(NCC(C)(O)CO)c1ccc(Br)s1. The molecule has 3 N–H and O–H groups in total. The van der Waals surface area contributed by atoms with E-state index >= 15 is 0 Å². The van der Waals surface area contributed by atoms with Gasteiger partial charge in [-0.1, -0.05) is 0 Å². The summed E-state index contributed by atoms with van der Waals surface area (Å²) in [5.74, 6) is 0. The zero-order chi connectivity index (χ0) is 11.5. The van der Waals surface area contributed by atoms with Gasteiger partial charge in [-0.05, 0) is 41.9 Å². The van der Waals surface area contributed by atoms with Crippen LogP contribution in [0.15, 0.2) is 15.9 Å². The van der Waals surface area contributed by atoms with Crippen LogP contribution in [0.4, 0.5) is 0 Å². The van der Waals surface area contributed by atoms with E-state index in [4.69, 9.17) is 5.11 Å². The van der Waals surface area contributed by atoms with E-state index in [0.717, 1.165) is 3.79 Å². The minimum Gasteiger partial charge on any atom is -0.393 e. The molecule has 1 aromatic rings. The van der Waals surface area contributed by atoms with Gasteiger partial charge in [-0.3, -0.25) is 0 Å². The van der Waals surface area contributed by atoms with Crippen molar-refractivity contribution in [2.24, 2.45) is 0 Å².